The molecule has 0 aliphatic rings. The van der Waals surface area contributed by atoms with Gasteiger partial charge in [0.15, 0.2) is 0 Å². The predicted octanol–water partition coefficient (Wildman–Crippen LogP) is 1.15. The first kappa shape index (κ1) is 21.2. The molecular formula is C18H15N2NaO5S. The van der Waals surface area contributed by atoms with Gasteiger partial charge in [-0.3, -0.25) is 4.79 Å². The molecule has 0 N–H and O–H groups in total. The van der Waals surface area contributed by atoms with E-state index in [0.29, 0.717) is 11.5 Å². The van der Waals surface area contributed by atoms with Gasteiger partial charge in [0.2, 0.25) is 6.09 Å². The normalized spacial score (nSPS) is 10.7. The Morgan fingerprint density at radius 2 is 1.67 bits per heavy atom. The van der Waals surface area contributed by atoms with Gasteiger partial charge in [-0.1, -0.05) is 47.6 Å². The smallest absolute Gasteiger partial charge is 0.506 e. The van der Waals surface area contributed by atoms with Crippen LogP contribution in [0.25, 0.3) is 27.1 Å². The van der Waals surface area contributed by atoms with Crippen molar-refractivity contribution in [2.24, 2.45) is 0 Å². The van der Waals surface area contributed by atoms with Gasteiger partial charge in [-0.2, -0.15) is 0 Å². The first-order valence-electron chi connectivity index (χ1n) is 7.60. The van der Waals surface area contributed by atoms with E-state index in [-0.39, 0.29) is 34.5 Å². The van der Waals surface area contributed by atoms with Crippen LogP contribution in [0, 0.1) is 6.92 Å². The molecule has 0 bridgehead atoms. The van der Waals surface area contributed by atoms with Crippen LogP contribution in [0.15, 0.2) is 64.0 Å². The van der Waals surface area contributed by atoms with E-state index in [1.54, 1.807) is 19.1 Å². The minimum absolute atomic E-state index is 0. The molecule has 1 aromatic heterocycles. The summed E-state index contributed by atoms with van der Waals surface area (Å²) in [5.74, 6) is 0.610. The largest absolute Gasteiger partial charge is 1.00 e. The molecular weight excluding hydrogens is 379 g/mol. The second kappa shape index (κ2) is 8.71. The van der Waals surface area contributed by atoms with Crippen LogP contribution >= 0.6 is 0 Å². The topological polar surface area (TPSA) is 101 Å². The van der Waals surface area contributed by atoms with Gasteiger partial charge in [0.25, 0.3) is 0 Å². The van der Waals surface area contributed by atoms with Crippen molar-refractivity contribution in [2.45, 2.75) is 11.8 Å². The zero-order valence-electron chi connectivity index (χ0n) is 15.0. The van der Waals surface area contributed by atoms with Crippen molar-refractivity contribution in [3.8, 4) is 22.4 Å². The van der Waals surface area contributed by atoms with E-state index in [2.05, 4.69) is 14.6 Å². The number of sulfonamides is 1. The molecule has 0 aliphatic carbocycles. The number of hydrogen-bond acceptors (Lipinski definition) is 6. The van der Waals surface area contributed by atoms with E-state index in [1.807, 2.05) is 30.3 Å². The molecule has 9 heteroatoms. The molecule has 3 rings (SSSR count). The fourth-order valence-electron chi connectivity index (χ4n) is 2.49. The van der Waals surface area contributed by atoms with Crippen LogP contribution in [-0.2, 0) is 14.8 Å². The Morgan fingerprint density at radius 3 is 2.26 bits per heavy atom. The summed E-state index contributed by atoms with van der Waals surface area (Å²) in [7, 11) is -3.06. The summed E-state index contributed by atoms with van der Waals surface area (Å²) in [6.45, 7) is 1.78. The summed E-state index contributed by atoms with van der Waals surface area (Å²) in [6.07, 6.45) is -1.17. The second-order valence-electron chi connectivity index (χ2n) is 5.39. The number of carbonyl (C=O) groups excluding carboxylic acids is 1. The van der Waals surface area contributed by atoms with Crippen LogP contribution in [0.4, 0.5) is 4.79 Å². The number of carbonyl (C=O) groups is 1. The Morgan fingerprint density at radius 1 is 1.04 bits per heavy atom. The molecule has 0 radical (unpaired) electrons. The maximum Gasteiger partial charge on any atom is 1.00 e. The number of nitrogens with zero attached hydrogens (tertiary/aromatic N) is 2. The molecule has 0 unspecified atom stereocenters. The van der Waals surface area contributed by atoms with Crippen molar-refractivity contribution < 1.29 is 52.0 Å². The van der Waals surface area contributed by atoms with Gasteiger partial charge in [-0.05, 0) is 24.6 Å². The Bertz CT molecular complexity index is 1030. The van der Waals surface area contributed by atoms with Gasteiger partial charge >= 0.3 is 29.6 Å². The summed E-state index contributed by atoms with van der Waals surface area (Å²) >= 11 is 0. The van der Waals surface area contributed by atoms with Crippen molar-refractivity contribution in [3.05, 3.63) is 65.1 Å². The summed E-state index contributed by atoms with van der Waals surface area (Å²) in [4.78, 5) is 11.0. The summed E-state index contributed by atoms with van der Waals surface area (Å²) in [6, 6.07) is 15.5. The fraction of sp³-hybridized carbons (Fsp3) is 0.111. The van der Waals surface area contributed by atoms with Crippen molar-refractivity contribution in [3.63, 3.8) is 0 Å². The minimum atomic E-state index is -4.12. The van der Waals surface area contributed by atoms with Gasteiger partial charge in [-0.15, -0.1) is 0 Å². The number of rotatable bonds is 4. The molecule has 2 aromatic carbocycles. The third kappa shape index (κ3) is 4.59. The van der Waals surface area contributed by atoms with Gasteiger partial charge in [0, 0.05) is 5.56 Å². The number of ether oxygens (including phenoxy) is 1. The molecule has 1 heterocycles. The van der Waals surface area contributed by atoms with Crippen LogP contribution in [0.3, 0.4) is 0 Å². The molecule has 27 heavy (non-hydrogen) atoms. The second-order valence-corrected chi connectivity index (χ2v) is 6.99. The Balaban J connectivity index is 0.00000261. The predicted molar refractivity (Wildman–Crippen MR) is 95.1 cm³/mol. The maximum atomic E-state index is 12.1. The average Bonchev–Trinajstić information content (AvgIpc) is 3.03. The number of methoxy groups -OCH3 is 1. The van der Waals surface area contributed by atoms with Gasteiger partial charge in [-0.25, -0.2) is 8.42 Å². The fourth-order valence-corrected chi connectivity index (χ4v) is 3.34. The SMILES string of the molecule is COC(=O)[N-]S(=O)(=O)c1ccc(-c2c(-c3ccccc3)noc2C)cc1.[Na+]. The van der Waals surface area contributed by atoms with Crippen molar-refractivity contribution in [2.75, 3.05) is 7.11 Å². The Hall–Kier alpha value is -2.13. The summed E-state index contributed by atoms with van der Waals surface area (Å²) in [5.41, 5.74) is 3.05. The van der Waals surface area contributed by atoms with E-state index in [9.17, 15) is 13.2 Å². The molecule has 0 aliphatic heterocycles. The zero-order chi connectivity index (χ0) is 18.7. The van der Waals surface area contributed by atoms with Crippen molar-refractivity contribution in [1.29, 1.82) is 0 Å². The van der Waals surface area contributed by atoms with E-state index in [1.165, 1.54) is 12.1 Å². The first-order chi connectivity index (χ1) is 12.4. The molecule has 0 spiro atoms. The van der Waals surface area contributed by atoms with Gasteiger partial charge in [0.05, 0.1) is 17.6 Å². The number of aryl methyl sites for hydroxylation is 1. The number of aromatic nitrogens is 1. The van der Waals surface area contributed by atoms with Crippen LogP contribution in [0.5, 0.6) is 0 Å². The number of amides is 1. The van der Waals surface area contributed by atoms with E-state index in [0.717, 1.165) is 23.8 Å². The monoisotopic (exact) mass is 394 g/mol. The maximum absolute atomic E-state index is 12.1. The third-order valence-corrected chi connectivity index (χ3v) is 4.98. The van der Waals surface area contributed by atoms with Crippen LogP contribution in [0.2, 0.25) is 0 Å². The molecule has 0 atom stereocenters. The number of benzene rings is 2. The molecule has 3 aromatic rings. The Labute approximate surface area is 179 Å². The average molecular weight is 394 g/mol. The van der Waals surface area contributed by atoms with Crippen LogP contribution < -0.4 is 29.6 Å². The Kier molecular flexibility index (Phi) is 6.83. The quantitative estimate of drug-likeness (QED) is 0.616. The van der Waals surface area contributed by atoms with Crippen molar-refractivity contribution in [1.82, 2.24) is 5.16 Å². The summed E-state index contributed by atoms with van der Waals surface area (Å²) < 4.78 is 36.8. The molecule has 0 fully saturated rings. The zero-order valence-corrected chi connectivity index (χ0v) is 17.9. The van der Waals surface area contributed by atoms with Gasteiger partial charge in [0.1, 0.15) is 21.5 Å². The van der Waals surface area contributed by atoms with Crippen LogP contribution in [0.1, 0.15) is 5.76 Å². The standard InChI is InChI=1S/C18H16N2O5S.Na/c1-12-16(17(19-25-12)14-6-4-3-5-7-14)13-8-10-15(11-9-13)26(22,23)20-18(21)24-2;/h3-11H,1-2H3,(H,20,21);/q;+1/p-1. The molecule has 0 saturated heterocycles. The van der Waals surface area contributed by atoms with Gasteiger partial charge < -0.3 is 14.0 Å². The third-order valence-electron chi connectivity index (χ3n) is 3.72. The minimum Gasteiger partial charge on any atom is -0.506 e. The molecule has 7 nitrogen and oxygen atoms in total. The summed E-state index contributed by atoms with van der Waals surface area (Å²) in [5, 5.41) is 4.11. The number of hydrogen-bond donors (Lipinski definition) is 0. The van der Waals surface area contributed by atoms with E-state index >= 15 is 0 Å². The molecule has 134 valence electrons. The van der Waals surface area contributed by atoms with E-state index in [4.69, 9.17) is 4.52 Å². The molecule has 1 amide bonds. The molecule has 0 saturated carbocycles. The van der Waals surface area contributed by atoms with Crippen molar-refractivity contribution >= 4 is 16.1 Å². The van der Waals surface area contributed by atoms with E-state index < -0.39 is 16.1 Å². The first-order valence-corrected chi connectivity index (χ1v) is 9.04. The van der Waals surface area contributed by atoms with Crippen LogP contribution in [-0.4, -0.2) is 26.8 Å².